The van der Waals surface area contributed by atoms with Crippen LogP contribution in [-0.2, 0) is 14.8 Å². The molecule has 0 aliphatic heterocycles. The van der Waals surface area contributed by atoms with E-state index >= 15 is 0 Å². The Kier molecular flexibility index (Phi) is 8.88. The highest BCUT2D eigenvalue weighted by Gasteiger charge is 2.32. The van der Waals surface area contributed by atoms with Crippen LogP contribution in [0.4, 0.5) is 0 Å². The molecule has 0 heterocycles. The van der Waals surface area contributed by atoms with E-state index in [2.05, 4.69) is 11.6 Å². The van der Waals surface area contributed by atoms with Gasteiger partial charge in [-0.3, -0.25) is 0 Å². The summed E-state index contributed by atoms with van der Waals surface area (Å²) in [6.45, 7) is 4.39. The van der Waals surface area contributed by atoms with Crippen molar-refractivity contribution in [1.82, 2.24) is 4.72 Å². The Bertz CT molecular complexity index is 951. The largest absolute Gasteiger partial charge is 0.462 e. The first-order valence-electron chi connectivity index (χ1n) is 11.7. The van der Waals surface area contributed by atoms with E-state index in [-0.39, 0.29) is 17.9 Å². The van der Waals surface area contributed by atoms with Crippen LogP contribution in [0.1, 0.15) is 67.8 Å². The van der Waals surface area contributed by atoms with Crippen molar-refractivity contribution in [3.05, 3.63) is 65.7 Å². The average molecular weight is 458 g/mol. The molecular formula is C26H35NO4S. The second-order valence-corrected chi connectivity index (χ2v) is 10.7. The fraction of sp³-hybridized carbons (Fsp3) is 0.500. The lowest BCUT2D eigenvalue weighted by Gasteiger charge is -2.35. The fourth-order valence-electron chi connectivity index (χ4n) is 4.54. The number of rotatable bonds is 10. The van der Waals surface area contributed by atoms with Gasteiger partial charge < -0.3 is 4.74 Å². The zero-order valence-corrected chi connectivity index (χ0v) is 19.9. The van der Waals surface area contributed by atoms with Gasteiger partial charge in [0.15, 0.2) is 0 Å². The van der Waals surface area contributed by atoms with Gasteiger partial charge in [0.2, 0.25) is 10.0 Å². The zero-order valence-electron chi connectivity index (χ0n) is 19.1. The Morgan fingerprint density at radius 2 is 1.69 bits per heavy atom. The third-order valence-electron chi connectivity index (χ3n) is 6.44. The van der Waals surface area contributed by atoms with Crippen LogP contribution in [0.15, 0.2) is 59.5 Å². The average Bonchev–Trinajstić information content (AvgIpc) is 2.81. The molecule has 2 aromatic rings. The van der Waals surface area contributed by atoms with Gasteiger partial charge in [-0.2, -0.15) is 0 Å². The van der Waals surface area contributed by atoms with Crippen LogP contribution in [0, 0.1) is 18.8 Å². The van der Waals surface area contributed by atoms with E-state index in [1.54, 1.807) is 24.3 Å². The second kappa shape index (κ2) is 11.6. The number of benzene rings is 2. The molecule has 2 unspecified atom stereocenters. The smallest absolute Gasteiger partial charge is 0.338 e. The van der Waals surface area contributed by atoms with Crippen LogP contribution in [-0.4, -0.2) is 27.0 Å². The number of carbonyl (C=O) groups excluding carboxylic acids is 1. The van der Waals surface area contributed by atoms with Crippen LogP contribution < -0.4 is 4.72 Å². The quantitative estimate of drug-likeness (QED) is 0.378. The summed E-state index contributed by atoms with van der Waals surface area (Å²) < 4.78 is 34.6. The predicted octanol–water partition coefficient (Wildman–Crippen LogP) is 5.50. The summed E-state index contributed by atoms with van der Waals surface area (Å²) in [7, 11) is -3.59. The standard InChI is InChI=1S/C26H35NO4S/c1-20-15-17-24(18-16-20)32(29,30)27-25(22-11-5-3-6-12-22)21(2)10-9-19-31-26(28)23-13-7-4-8-14-23/h4,7-8,13-18,21-22,25,27H,3,5-6,9-12,19H2,1-2H3. The third-order valence-corrected chi connectivity index (χ3v) is 7.91. The Balaban J connectivity index is 1.60. The Hall–Kier alpha value is -2.18. The molecule has 3 rings (SSSR count). The van der Waals surface area contributed by atoms with E-state index in [4.69, 9.17) is 4.74 Å². The molecule has 1 aliphatic rings. The first kappa shape index (κ1) is 24.5. The van der Waals surface area contributed by atoms with Gasteiger partial charge in [-0.15, -0.1) is 0 Å². The van der Waals surface area contributed by atoms with E-state index < -0.39 is 10.0 Å². The molecule has 2 atom stereocenters. The number of ether oxygens (including phenoxy) is 1. The topological polar surface area (TPSA) is 72.5 Å². The molecule has 1 saturated carbocycles. The molecular weight excluding hydrogens is 422 g/mol. The van der Waals surface area contributed by atoms with Gasteiger partial charge >= 0.3 is 5.97 Å². The predicted molar refractivity (Wildman–Crippen MR) is 127 cm³/mol. The number of esters is 1. The van der Waals surface area contributed by atoms with Gasteiger partial charge in [0.05, 0.1) is 17.1 Å². The first-order valence-corrected chi connectivity index (χ1v) is 13.2. The molecule has 32 heavy (non-hydrogen) atoms. The van der Waals surface area contributed by atoms with Crippen molar-refractivity contribution in [2.24, 2.45) is 11.8 Å². The van der Waals surface area contributed by atoms with E-state index in [9.17, 15) is 13.2 Å². The van der Waals surface area contributed by atoms with Crippen LogP contribution in [0.5, 0.6) is 0 Å². The number of hydrogen-bond acceptors (Lipinski definition) is 4. The lowest BCUT2D eigenvalue weighted by Crippen LogP contribution is -2.45. The van der Waals surface area contributed by atoms with Crippen LogP contribution >= 0.6 is 0 Å². The molecule has 0 spiro atoms. The summed E-state index contributed by atoms with van der Waals surface area (Å²) in [5.74, 6) is 0.168. The minimum atomic E-state index is -3.59. The van der Waals surface area contributed by atoms with Gasteiger partial charge in [0, 0.05) is 6.04 Å². The van der Waals surface area contributed by atoms with E-state index in [1.165, 1.54) is 6.42 Å². The second-order valence-electron chi connectivity index (χ2n) is 8.98. The summed E-state index contributed by atoms with van der Waals surface area (Å²) in [5, 5.41) is 0. The molecule has 0 radical (unpaired) electrons. The molecule has 1 aliphatic carbocycles. The molecule has 0 amide bonds. The number of nitrogens with one attached hydrogen (secondary N) is 1. The van der Waals surface area contributed by atoms with Crippen molar-refractivity contribution in [2.75, 3.05) is 6.61 Å². The fourth-order valence-corrected chi connectivity index (χ4v) is 5.96. The molecule has 0 aromatic heterocycles. The molecule has 0 bridgehead atoms. The van der Waals surface area contributed by atoms with Crippen molar-refractivity contribution in [3.63, 3.8) is 0 Å². The molecule has 2 aromatic carbocycles. The molecule has 6 heteroatoms. The molecule has 174 valence electrons. The van der Waals surface area contributed by atoms with Crippen molar-refractivity contribution in [3.8, 4) is 0 Å². The maximum absolute atomic E-state index is 13.1. The summed E-state index contributed by atoms with van der Waals surface area (Å²) in [6, 6.07) is 15.8. The third kappa shape index (κ3) is 6.91. The van der Waals surface area contributed by atoms with Crippen molar-refractivity contribution < 1.29 is 17.9 Å². The van der Waals surface area contributed by atoms with E-state index in [0.29, 0.717) is 29.4 Å². The summed E-state index contributed by atoms with van der Waals surface area (Å²) >= 11 is 0. The SMILES string of the molecule is Cc1ccc(S(=O)(=O)NC(C(C)CCCOC(=O)c2ccccc2)C2CCCCC2)cc1. The van der Waals surface area contributed by atoms with Crippen LogP contribution in [0.2, 0.25) is 0 Å². The molecule has 1 N–H and O–H groups in total. The summed E-state index contributed by atoms with van der Waals surface area (Å²) in [6.07, 6.45) is 7.11. The Labute approximate surface area is 192 Å². The van der Waals surface area contributed by atoms with Crippen LogP contribution in [0.3, 0.4) is 0 Å². The Morgan fingerprint density at radius 3 is 2.34 bits per heavy atom. The van der Waals surface area contributed by atoms with Gasteiger partial charge in [0.1, 0.15) is 0 Å². The van der Waals surface area contributed by atoms with Gasteiger partial charge in [-0.1, -0.05) is 62.1 Å². The van der Waals surface area contributed by atoms with Crippen molar-refractivity contribution in [2.45, 2.75) is 69.7 Å². The number of carbonyl (C=O) groups is 1. The molecule has 5 nitrogen and oxygen atoms in total. The van der Waals surface area contributed by atoms with Crippen LogP contribution in [0.25, 0.3) is 0 Å². The highest BCUT2D eigenvalue weighted by atomic mass is 32.2. The van der Waals surface area contributed by atoms with Crippen molar-refractivity contribution >= 4 is 16.0 Å². The van der Waals surface area contributed by atoms with E-state index in [0.717, 1.165) is 37.7 Å². The monoisotopic (exact) mass is 457 g/mol. The number of aryl methyl sites for hydroxylation is 1. The maximum Gasteiger partial charge on any atom is 0.338 e. The minimum Gasteiger partial charge on any atom is -0.462 e. The normalized spacial score (nSPS) is 16.9. The Morgan fingerprint density at radius 1 is 1.03 bits per heavy atom. The molecule has 1 fully saturated rings. The van der Waals surface area contributed by atoms with Gasteiger partial charge in [-0.25, -0.2) is 17.9 Å². The van der Waals surface area contributed by atoms with E-state index in [1.807, 2.05) is 37.3 Å². The lowest BCUT2D eigenvalue weighted by atomic mass is 9.78. The van der Waals surface area contributed by atoms with Crippen molar-refractivity contribution in [1.29, 1.82) is 0 Å². The van der Waals surface area contributed by atoms with Gasteiger partial charge in [-0.05, 0) is 68.7 Å². The highest BCUT2D eigenvalue weighted by molar-refractivity contribution is 7.89. The first-order chi connectivity index (χ1) is 15.4. The highest BCUT2D eigenvalue weighted by Crippen LogP contribution is 2.32. The summed E-state index contributed by atoms with van der Waals surface area (Å²) in [5.41, 5.74) is 1.58. The number of hydrogen-bond donors (Lipinski definition) is 1. The number of sulfonamides is 1. The lowest BCUT2D eigenvalue weighted by molar-refractivity contribution is 0.0490. The maximum atomic E-state index is 13.1. The van der Waals surface area contributed by atoms with Gasteiger partial charge in [0.25, 0.3) is 0 Å². The summed E-state index contributed by atoms with van der Waals surface area (Å²) in [4.78, 5) is 12.4. The molecule has 0 saturated heterocycles. The zero-order chi connectivity index (χ0) is 23.0. The minimum absolute atomic E-state index is 0.119.